The molecule has 2 aromatic rings. The summed E-state index contributed by atoms with van der Waals surface area (Å²) in [5.41, 5.74) is 7.34. The van der Waals surface area contributed by atoms with Crippen molar-refractivity contribution in [3.63, 3.8) is 0 Å². The third kappa shape index (κ3) is 2.02. The minimum atomic E-state index is -0.451. The Morgan fingerprint density at radius 1 is 1.28 bits per heavy atom. The molecule has 0 amide bonds. The van der Waals surface area contributed by atoms with Crippen LogP contribution in [0.15, 0.2) is 34.9 Å². The Hall–Kier alpha value is -2.43. The van der Waals surface area contributed by atoms with Crippen molar-refractivity contribution in [2.75, 3.05) is 20.0 Å². The van der Waals surface area contributed by atoms with Gasteiger partial charge in [0, 0.05) is 5.56 Å². The van der Waals surface area contributed by atoms with Gasteiger partial charge in [-0.2, -0.15) is 0 Å². The van der Waals surface area contributed by atoms with Gasteiger partial charge in [-0.1, -0.05) is 0 Å². The molecule has 0 spiro atoms. The molecule has 0 saturated heterocycles. The van der Waals surface area contributed by atoms with Crippen molar-refractivity contribution in [1.29, 1.82) is 0 Å². The topological polar surface area (TPSA) is 74.7 Å². The molecular weight excluding hydrogens is 234 g/mol. The number of hydrogen-bond donors (Lipinski definition) is 1. The molecule has 0 radical (unpaired) electrons. The third-order valence-electron chi connectivity index (χ3n) is 2.56. The van der Waals surface area contributed by atoms with Crippen LogP contribution in [0.1, 0.15) is 10.4 Å². The van der Waals surface area contributed by atoms with Crippen LogP contribution < -0.4 is 10.5 Å². The normalized spacial score (nSPS) is 10.1. The zero-order valence-corrected chi connectivity index (χ0v) is 10.1. The second kappa shape index (κ2) is 4.83. The second-order valence-corrected chi connectivity index (χ2v) is 3.61. The van der Waals surface area contributed by atoms with E-state index in [1.807, 2.05) is 0 Å². The monoisotopic (exact) mass is 247 g/mol. The van der Waals surface area contributed by atoms with Crippen LogP contribution in [-0.4, -0.2) is 20.2 Å². The number of hydrogen-bond acceptors (Lipinski definition) is 5. The van der Waals surface area contributed by atoms with E-state index in [1.165, 1.54) is 20.5 Å². The van der Waals surface area contributed by atoms with Crippen molar-refractivity contribution in [2.45, 2.75) is 0 Å². The van der Waals surface area contributed by atoms with Crippen molar-refractivity contribution in [3.05, 3.63) is 36.1 Å². The summed E-state index contributed by atoms with van der Waals surface area (Å²) in [6, 6.07) is 6.72. The molecule has 0 atom stereocenters. The average Bonchev–Trinajstić information content (AvgIpc) is 2.86. The van der Waals surface area contributed by atoms with Gasteiger partial charge in [0.1, 0.15) is 17.1 Å². The molecular formula is C13H13NO4. The molecule has 18 heavy (non-hydrogen) atoms. The maximum absolute atomic E-state index is 11.5. The minimum Gasteiger partial charge on any atom is -0.495 e. The molecule has 2 N–H and O–H groups in total. The Morgan fingerprint density at radius 2 is 2.06 bits per heavy atom. The Kier molecular flexibility index (Phi) is 3.23. The van der Waals surface area contributed by atoms with Crippen LogP contribution in [-0.2, 0) is 4.74 Å². The smallest absolute Gasteiger partial charge is 0.341 e. The Balaban J connectivity index is 2.46. The highest BCUT2D eigenvalue weighted by atomic mass is 16.5. The zero-order valence-electron chi connectivity index (χ0n) is 10.1. The molecule has 0 unspecified atom stereocenters. The molecule has 0 aliphatic heterocycles. The second-order valence-electron chi connectivity index (χ2n) is 3.61. The summed E-state index contributed by atoms with van der Waals surface area (Å²) < 4.78 is 15.1. The SMILES string of the molecule is COC(=O)c1ccoc1-c1ccc(OC)c(N)c1. The summed E-state index contributed by atoms with van der Waals surface area (Å²) in [6.45, 7) is 0. The van der Waals surface area contributed by atoms with E-state index in [-0.39, 0.29) is 0 Å². The fourth-order valence-corrected chi connectivity index (χ4v) is 1.68. The lowest BCUT2D eigenvalue weighted by molar-refractivity contribution is 0.0601. The number of rotatable bonds is 3. The summed E-state index contributed by atoms with van der Waals surface area (Å²) in [7, 11) is 2.86. The largest absolute Gasteiger partial charge is 0.495 e. The number of carbonyl (C=O) groups is 1. The van der Waals surface area contributed by atoms with Crippen molar-refractivity contribution in [3.8, 4) is 17.1 Å². The van der Waals surface area contributed by atoms with E-state index < -0.39 is 5.97 Å². The van der Waals surface area contributed by atoms with Crippen LogP contribution in [0.5, 0.6) is 5.75 Å². The Bertz CT molecular complexity index is 574. The first kappa shape index (κ1) is 12.0. The summed E-state index contributed by atoms with van der Waals surface area (Å²) >= 11 is 0. The quantitative estimate of drug-likeness (QED) is 0.665. The molecule has 0 aliphatic carbocycles. The predicted molar refractivity (Wildman–Crippen MR) is 66.4 cm³/mol. The van der Waals surface area contributed by atoms with Gasteiger partial charge in [0.2, 0.25) is 0 Å². The Labute approximate surface area is 104 Å². The van der Waals surface area contributed by atoms with Crippen LogP contribution >= 0.6 is 0 Å². The van der Waals surface area contributed by atoms with Gasteiger partial charge in [-0.05, 0) is 24.3 Å². The lowest BCUT2D eigenvalue weighted by Gasteiger charge is -2.06. The molecule has 5 nitrogen and oxygen atoms in total. The third-order valence-corrected chi connectivity index (χ3v) is 2.56. The van der Waals surface area contributed by atoms with Crippen LogP contribution in [0.3, 0.4) is 0 Å². The van der Waals surface area contributed by atoms with Crippen molar-refractivity contribution in [1.82, 2.24) is 0 Å². The summed E-state index contributed by atoms with van der Waals surface area (Å²) in [4.78, 5) is 11.5. The number of carbonyl (C=O) groups excluding carboxylic acids is 1. The number of furan rings is 1. The lowest BCUT2D eigenvalue weighted by Crippen LogP contribution is -2.01. The lowest BCUT2D eigenvalue weighted by atomic mass is 10.1. The summed E-state index contributed by atoms with van der Waals surface area (Å²) in [5, 5.41) is 0. The number of benzene rings is 1. The zero-order chi connectivity index (χ0) is 13.1. The van der Waals surface area contributed by atoms with Crippen LogP contribution in [0, 0.1) is 0 Å². The average molecular weight is 247 g/mol. The van der Waals surface area contributed by atoms with Crippen molar-refractivity contribution >= 4 is 11.7 Å². The minimum absolute atomic E-state index is 0.363. The van der Waals surface area contributed by atoms with E-state index >= 15 is 0 Å². The number of esters is 1. The van der Waals surface area contributed by atoms with Crippen LogP contribution in [0.25, 0.3) is 11.3 Å². The van der Waals surface area contributed by atoms with Gasteiger partial charge in [0.25, 0.3) is 0 Å². The molecule has 0 aliphatic rings. The van der Waals surface area contributed by atoms with Gasteiger partial charge in [-0.3, -0.25) is 0 Å². The predicted octanol–water partition coefficient (Wildman–Crippen LogP) is 2.32. The molecule has 1 aromatic heterocycles. The fraction of sp³-hybridized carbons (Fsp3) is 0.154. The van der Waals surface area contributed by atoms with Crippen molar-refractivity contribution < 1.29 is 18.7 Å². The molecule has 5 heteroatoms. The van der Waals surface area contributed by atoms with Crippen molar-refractivity contribution in [2.24, 2.45) is 0 Å². The maximum Gasteiger partial charge on any atom is 0.341 e. The van der Waals surface area contributed by atoms with Gasteiger partial charge in [-0.15, -0.1) is 0 Å². The van der Waals surface area contributed by atoms with Gasteiger partial charge >= 0.3 is 5.97 Å². The van der Waals surface area contributed by atoms with E-state index in [1.54, 1.807) is 24.3 Å². The standard InChI is InChI=1S/C13H13NO4/c1-16-11-4-3-8(7-10(11)14)12-9(5-6-18-12)13(15)17-2/h3-7H,14H2,1-2H3. The number of nitrogens with two attached hydrogens (primary N) is 1. The number of nitrogen functional groups attached to an aromatic ring is 1. The highest BCUT2D eigenvalue weighted by Crippen LogP contribution is 2.31. The van der Waals surface area contributed by atoms with E-state index in [2.05, 4.69) is 4.74 Å². The first-order chi connectivity index (χ1) is 8.67. The van der Waals surface area contributed by atoms with Gasteiger partial charge in [0.05, 0.1) is 26.2 Å². The summed E-state index contributed by atoms with van der Waals surface area (Å²) in [6.07, 6.45) is 1.43. The van der Waals surface area contributed by atoms with Gasteiger partial charge in [0.15, 0.2) is 0 Å². The fourth-order valence-electron chi connectivity index (χ4n) is 1.68. The van der Waals surface area contributed by atoms with Gasteiger partial charge in [-0.25, -0.2) is 4.79 Å². The molecule has 0 bridgehead atoms. The van der Waals surface area contributed by atoms with Crippen LogP contribution in [0.4, 0.5) is 5.69 Å². The number of ether oxygens (including phenoxy) is 2. The highest BCUT2D eigenvalue weighted by Gasteiger charge is 2.17. The van der Waals surface area contributed by atoms with E-state index in [9.17, 15) is 4.79 Å². The molecule has 1 aromatic carbocycles. The molecule has 94 valence electrons. The molecule has 1 heterocycles. The summed E-state index contributed by atoms with van der Waals surface area (Å²) in [5.74, 6) is 0.550. The van der Waals surface area contributed by atoms with Gasteiger partial charge < -0.3 is 19.6 Å². The van der Waals surface area contributed by atoms with Crippen LogP contribution in [0.2, 0.25) is 0 Å². The highest BCUT2D eigenvalue weighted by molar-refractivity contribution is 5.96. The first-order valence-electron chi connectivity index (χ1n) is 5.27. The van der Waals surface area contributed by atoms with E-state index in [4.69, 9.17) is 14.9 Å². The van der Waals surface area contributed by atoms with E-state index in [0.717, 1.165) is 0 Å². The Morgan fingerprint density at radius 3 is 2.67 bits per heavy atom. The van der Waals surface area contributed by atoms with E-state index in [0.29, 0.717) is 28.3 Å². The number of methoxy groups -OCH3 is 2. The molecule has 0 fully saturated rings. The molecule has 0 saturated carbocycles. The first-order valence-corrected chi connectivity index (χ1v) is 5.27. The number of anilines is 1. The maximum atomic E-state index is 11.5. The molecule has 2 rings (SSSR count).